The van der Waals surface area contributed by atoms with Crippen LogP contribution in [0.3, 0.4) is 0 Å². The Hall–Kier alpha value is -1.89. The number of rotatable bonds is 4. The third-order valence-electron chi connectivity index (χ3n) is 3.91. The minimum absolute atomic E-state index is 0.287. The lowest BCUT2D eigenvalue weighted by molar-refractivity contribution is -0.150. The van der Waals surface area contributed by atoms with Gasteiger partial charge in [0.05, 0.1) is 0 Å². The van der Waals surface area contributed by atoms with E-state index in [-0.39, 0.29) is 12.4 Å². The zero-order chi connectivity index (χ0) is 19.3. The number of benzene rings is 1. The van der Waals surface area contributed by atoms with Crippen molar-refractivity contribution in [2.24, 2.45) is 0 Å². The fraction of sp³-hybridized carbons (Fsp3) is 0.526. The highest BCUT2D eigenvalue weighted by atomic mass is 79.9. The molecule has 1 atom stereocenters. The van der Waals surface area contributed by atoms with Gasteiger partial charge in [-0.1, -0.05) is 28.1 Å². The fourth-order valence-electron chi connectivity index (χ4n) is 2.67. The van der Waals surface area contributed by atoms with Crippen molar-refractivity contribution in [2.75, 3.05) is 13.2 Å². The molecule has 1 aliphatic rings. The van der Waals surface area contributed by atoms with E-state index in [1.54, 1.807) is 45.0 Å². The van der Waals surface area contributed by atoms with Gasteiger partial charge in [0.1, 0.15) is 11.6 Å². The minimum Gasteiger partial charge on any atom is -0.456 e. The standard InChI is InChI=1S/C19H24BrNO5/c1-19(2,3)26-18(24)21-11-5-4-6-15(21)17(23)25-12-16(22)13-7-9-14(20)10-8-13/h7-10,15H,4-6,11-12H2,1-3H3/t15-/m0/s1. The number of Topliss-reactive ketones (excluding diaryl/α,β-unsaturated/α-hetero) is 1. The number of hydrogen-bond donors (Lipinski definition) is 0. The molecule has 0 aromatic heterocycles. The minimum atomic E-state index is -0.712. The zero-order valence-corrected chi connectivity index (χ0v) is 16.9. The molecule has 0 unspecified atom stereocenters. The van der Waals surface area contributed by atoms with E-state index in [0.717, 1.165) is 17.3 Å². The molecule has 7 heteroatoms. The molecule has 1 heterocycles. The molecule has 0 N–H and O–H groups in total. The Kier molecular flexibility index (Phi) is 6.81. The van der Waals surface area contributed by atoms with Crippen LogP contribution in [0.25, 0.3) is 0 Å². The van der Waals surface area contributed by atoms with Crippen LogP contribution < -0.4 is 0 Å². The van der Waals surface area contributed by atoms with E-state index in [4.69, 9.17) is 9.47 Å². The van der Waals surface area contributed by atoms with E-state index < -0.39 is 23.7 Å². The summed E-state index contributed by atoms with van der Waals surface area (Å²) in [6, 6.07) is 6.11. The fourth-order valence-corrected chi connectivity index (χ4v) is 2.93. The second kappa shape index (κ2) is 8.66. The van der Waals surface area contributed by atoms with Gasteiger partial charge in [-0.25, -0.2) is 9.59 Å². The Morgan fingerprint density at radius 2 is 1.81 bits per heavy atom. The Morgan fingerprint density at radius 3 is 2.42 bits per heavy atom. The summed E-state index contributed by atoms with van der Waals surface area (Å²) < 4.78 is 11.4. The number of hydrogen-bond acceptors (Lipinski definition) is 5. The van der Waals surface area contributed by atoms with Crippen LogP contribution in [0, 0.1) is 0 Å². The molecule has 0 bridgehead atoms. The van der Waals surface area contributed by atoms with Crippen LogP contribution in [0.2, 0.25) is 0 Å². The van der Waals surface area contributed by atoms with E-state index in [1.165, 1.54) is 4.90 Å². The molecular weight excluding hydrogens is 402 g/mol. The van der Waals surface area contributed by atoms with Crippen LogP contribution in [0.5, 0.6) is 0 Å². The third kappa shape index (κ3) is 5.83. The highest BCUT2D eigenvalue weighted by molar-refractivity contribution is 9.10. The maximum absolute atomic E-state index is 12.4. The topological polar surface area (TPSA) is 72.9 Å². The normalized spacial score (nSPS) is 17.5. The third-order valence-corrected chi connectivity index (χ3v) is 4.44. The molecule has 142 valence electrons. The van der Waals surface area contributed by atoms with Gasteiger partial charge in [0.2, 0.25) is 0 Å². The molecule has 1 aromatic carbocycles. The summed E-state index contributed by atoms with van der Waals surface area (Å²) in [5.41, 5.74) is -0.172. The summed E-state index contributed by atoms with van der Waals surface area (Å²) in [6.45, 7) is 5.42. The maximum Gasteiger partial charge on any atom is 0.411 e. The van der Waals surface area contributed by atoms with E-state index in [9.17, 15) is 14.4 Å². The Labute approximate surface area is 162 Å². The monoisotopic (exact) mass is 425 g/mol. The lowest BCUT2D eigenvalue weighted by atomic mass is 10.0. The number of ether oxygens (including phenoxy) is 2. The van der Waals surface area contributed by atoms with Crippen molar-refractivity contribution in [2.45, 2.75) is 51.7 Å². The van der Waals surface area contributed by atoms with Crippen molar-refractivity contribution in [3.05, 3.63) is 34.3 Å². The predicted octanol–water partition coefficient (Wildman–Crippen LogP) is 3.96. The van der Waals surface area contributed by atoms with Gasteiger partial charge >= 0.3 is 12.1 Å². The van der Waals surface area contributed by atoms with E-state index in [0.29, 0.717) is 18.5 Å². The first-order valence-corrected chi connectivity index (χ1v) is 9.42. The van der Waals surface area contributed by atoms with Gasteiger partial charge in [0, 0.05) is 16.6 Å². The Morgan fingerprint density at radius 1 is 1.15 bits per heavy atom. The first kappa shape index (κ1) is 20.4. The first-order chi connectivity index (χ1) is 12.2. The number of nitrogens with zero attached hydrogens (tertiary/aromatic N) is 1. The van der Waals surface area contributed by atoms with Crippen LogP contribution in [-0.2, 0) is 14.3 Å². The number of esters is 1. The number of likely N-dealkylation sites (tertiary alicyclic amines) is 1. The van der Waals surface area contributed by atoms with Crippen molar-refractivity contribution in [1.82, 2.24) is 4.90 Å². The highest BCUT2D eigenvalue weighted by Crippen LogP contribution is 2.21. The molecule has 1 fully saturated rings. The number of ketones is 1. The van der Waals surface area contributed by atoms with Crippen molar-refractivity contribution in [1.29, 1.82) is 0 Å². The molecule has 0 radical (unpaired) electrons. The van der Waals surface area contributed by atoms with Crippen LogP contribution in [-0.4, -0.2) is 47.5 Å². The van der Waals surface area contributed by atoms with E-state index in [2.05, 4.69) is 15.9 Å². The van der Waals surface area contributed by atoms with Crippen LogP contribution in [0.4, 0.5) is 4.79 Å². The zero-order valence-electron chi connectivity index (χ0n) is 15.3. The number of halogens is 1. The Bertz CT molecular complexity index is 666. The average Bonchev–Trinajstić information content (AvgIpc) is 2.58. The van der Waals surface area contributed by atoms with Crippen LogP contribution >= 0.6 is 15.9 Å². The molecule has 0 aliphatic carbocycles. The largest absolute Gasteiger partial charge is 0.456 e. The lowest BCUT2D eigenvalue weighted by Crippen LogP contribution is -2.50. The average molecular weight is 426 g/mol. The quantitative estimate of drug-likeness (QED) is 0.538. The second-order valence-electron chi connectivity index (χ2n) is 7.22. The van der Waals surface area contributed by atoms with Gasteiger partial charge in [0.15, 0.2) is 12.4 Å². The summed E-state index contributed by atoms with van der Waals surface area (Å²) >= 11 is 3.30. The van der Waals surface area contributed by atoms with E-state index >= 15 is 0 Å². The number of carbonyl (C=O) groups excluding carboxylic acids is 3. The number of piperidine rings is 1. The van der Waals surface area contributed by atoms with Crippen molar-refractivity contribution >= 4 is 33.8 Å². The van der Waals surface area contributed by atoms with Gasteiger partial charge in [-0.05, 0) is 52.2 Å². The SMILES string of the molecule is CC(C)(C)OC(=O)N1CCCC[C@H]1C(=O)OCC(=O)c1ccc(Br)cc1. The summed E-state index contributed by atoms with van der Waals surface area (Å²) in [4.78, 5) is 38.3. The molecule has 1 amide bonds. The lowest BCUT2D eigenvalue weighted by Gasteiger charge is -2.35. The maximum atomic E-state index is 12.4. The molecule has 1 aromatic rings. The van der Waals surface area contributed by atoms with Gasteiger partial charge in [-0.2, -0.15) is 0 Å². The summed E-state index contributed by atoms with van der Waals surface area (Å²) in [6.07, 6.45) is 1.60. The second-order valence-corrected chi connectivity index (χ2v) is 8.14. The van der Waals surface area contributed by atoms with Crippen LogP contribution in [0.15, 0.2) is 28.7 Å². The van der Waals surface area contributed by atoms with Gasteiger partial charge < -0.3 is 9.47 Å². The molecular formula is C19H24BrNO5. The van der Waals surface area contributed by atoms with Gasteiger partial charge in [-0.15, -0.1) is 0 Å². The molecule has 26 heavy (non-hydrogen) atoms. The highest BCUT2D eigenvalue weighted by Gasteiger charge is 2.36. The Balaban J connectivity index is 1.96. The summed E-state index contributed by atoms with van der Waals surface area (Å²) in [5.74, 6) is -0.855. The number of carbonyl (C=O) groups is 3. The van der Waals surface area contributed by atoms with Gasteiger partial charge in [-0.3, -0.25) is 9.69 Å². The molecule has 1 saturated heterocycles. The molecule has 0 saturated carbocycles. The molecule has 0 spiro atoms. The van der Waals surface area contributed by atoms with E-state index in [1.807, 2.05) is 0 Å². The summed E-state index contributed by atoms with van der Waals surface area (Å²) in [7, 11) is 0. The molecule has 2 rings (SSSR count). The number of amides is 1. The van der Waals surface area contributed by atoms with Crippen molar-refractivity contribution < 1.29 is 23.9 Å². The predicted molar refractivity (Wildman–Crippen MR) is 100 cm³/mol. The van der Waals surface area contributed by atoms with Gasteiger partial charge in [0.25, 0.3) is 0 Å². The van der Waals surface area contributed by atoms with Crippen LogP contribution in [0.1, 0.15) is 50.4 Å². The first-order valence-electron chi connectivity index (χ1n) is 8.62. The van der Waals surface area contributed by atoms with Crippen molar-refractivity contribution in [3.8, 4) is 0 Å². The summed E-state index contributed by atoms with van der Waals surface area (Å²) in [5, 5.41) is 0. The van der Waals surface area contributed by atoms with Crippen molar-refractivity contribution in [3.63, 3.8) is 0 Å². The molecule has 6 nitrogen and oxygen atoms in total. The molecule has 1 aliphatic heterocycles. The smallest absolute Gasteiger partial charge is 0.411 e.